The van der Waals surface area contributed by atoms with E-state index in [0.29, 0.717) is 12.1 Å². The molecule has 1 N–H and O–H groups in total. The number of hydrogen-bond acceptors (Lipinski definition) is 2. The largest absolute Gasteiger partial charge is 0.288 e. The van der Waals surface area contributed by atoms with Crippen molar-refractivity contribution >= 4 is 23.0 Å². The minimum absolute atomic E-state index is 0.353. The van der Waals surface area contributed by atoms with E-state index in [9.17, 15) is 27.2 Å². The lowest BCUT2D eigenvalue weighted by atomic mass is 9.95. The number of rotatable bonds is 2. The van der Waals surface area contributed by atoms with Gasteiger partial charge in [-0.1, -0.05) is 13.8 Å². The first kappa shape index (κ1) is 18.4. The highest BCUT2D eigenvalue weighted by Gasteiger charge is 2.34. The van der Waals surface area contributed by atoms with Gasteiger partial charge in [-0.25, -0.2) is 17.6 Å². The van der Waals surface area contributed by atoms with Crippen LogP contribution in [0.15, 0.2) is 36.4 Å². The molecule has 0 atom stereocenters. The van der Waals surface area contributed by atoms with Crippen LogP contribution >= 0.6 is 0 Å². The standard InChI is InChI=1S/C16H7F4NO2.C2H6/c17-7-1-3-9(11(19)5-7)13-14(16(23)21-15(13)22)10-4-2-8(18)6-12(10)20;1-2/h1-6H,(H,21,22,23);1-2H3. The van der Waals surface area contributed by atoms with E-state index >= 15 is 0 Å². The first-order valence-electron chi connectivity index (χ1n) is 7.39. The summed E-state index contributed by atoms with van der Waals surface area (Å²) in [4.78, 5) is 23.9. The maximum absolute atomic E-state index is 13.9. The summed E-state index contributed by atoms with van der Waals surface area (Å²) in [5.41, 5.74) is -1.57. The highest BCUT2D eigenvalue weighted by Crippen LogP contribution is 2.33. The van der Waals surface area contributed by atoms with Crippen LogP contribution in [-0.4, -0.2) is 11.8 Å². The summed E-state index contributed by atoms with van der Waals surface area (Å²) in [6.45, 7) is 4.00. The van der Waals surface area contributed by atoms with Crippen molar-refractivity contribution in [2.45, 2.75) is 13.8 Å². The van der Waals surface area contributed by atoms with E-state index in [1.807, 2.05) is 19.2 Å². The summed E-state index contributed by atoms with van der Waals surface area (Å²) < 4.78 is 53.9. The molecular weight excluding hydrogens is 338 g/mol. The number of imide groups is 1. The Bertz CT molecular complexity index is 819. The molecule has 2 aromatic rings. The van der Waals surface area contributed by atoms with Crippen molar-refractivity contribution in [3.63, 3.8) is 0 Å². The molecule has 0 radical (unpaired) electrons. The second kappa shape index (κ2) is 7.29. The maximum Gasteiger partial charge on any atom is 0.259 e. The van der Waals surface area contributed by atoms with E-state index in [1.54, 1.807) is 0 Å². The Morgan fingerprint density at radius 1 is 0.680 bits per heavy atom. The van der Waals surface area contributed by atoms with E-state index in [1.165, 1.54) is 0 Å². The molecule has 0 aromatic heterocycles. The lowest BCUT2D eigenvalue weighted by molar-refractivity contribution is -0.122. The highest BCUT2D eigenvalue weighted by molar-refractivity contribution is 6.49. The van der Waals surface area contributed by atoms with Gasteiger partial charge in [0.2, 0.25) is 0 Å². The highest BCUT2D eigenvalue weighted by atomic mass is 19.1. The van der Waals surface area contributed by atoms with Crippen LogP contribution in [0.25, 0.3) is 11.1 Å². The Morgan fingerprint density at radius 2 is 1.04 bits per heavy atom. The van der Waals surface area contributed by atoms with E-state index in [4.69, 9.17) is 0 Å². The molecule has 0 spiro atoms. The van der Waals surface area contributed by atoms with Crippen LogP contribution in [0.1, 0.15) is 25.0 Å². The van der Waals surface area contributed by atoms with Crippen LogP contribution in [-0.2, 0) is 9.59 Å². The van der Waals surface area contributed by atoms with Gasteiger partial charge >= 0.3 is 0 Å². The minimum atomic E-state index is -1.08. The molecule has 0 saturated heterocycles. The Balaban J connectivity index is 0.00000109. The number of amides is 2. The molecule has 0 aliphatic carbocycles. The molecule has 25 heavy (non-hydrogen) atoms. The van der Waals surface area contributed by atoms with E-state index in [2.05, 4.69) is 0 Å². The molecular formula is C18H13F4NO2. The first-order chi connectivity index (χ1) is 11.9. The lowest BCUT2D eigenvalue weighted by Gasteiger charge is -2.07. The van der Waals surface area contributed by atoms with Gasteiger partial charge in [-0.15, -0.1) is 0 Å². The zero-order valence-electron chi connectivity index (χ0n) is 13.3. The van der Waals surface area contributed by atoms with Gasteiger partial charge in [0.15, 0.2) is 0 Å². The summed E-state index contributed by atoms with van der Waals surface area (Å²) in [7, 11) is 0. The maximum atomic E-state index is 13.9. The summed E-state index contributed by atoms with van der Waals surface area (Å²) in [6, 6.07) is 4.83. The van der Waals surface area contributed by atoms with Gasteiger partial charge in [0.1, 0.15) is 23.3 Å². The zero-order valence-corrected chi connectivity index (χ0v) is 13.3. The normalized spacial score (nSPS) is 13.5. The molecule has 1 heterocycles. The molecule has 0 fully saturated rings. The van der Waals surface area contributed by atoms with Crippen LogP contribution < -0.4 is 5.32 Å². The monoisotopic (exact) mass is 351 g/mol. The topological polar surface area (TPSA) is 46.2 Å². The van der Waals surface area contributed by atoms with Crippen molar-refractivity contribution in [1.29, 1.82) is 0 Å². The number of benzene rings is 2. The van der Waals surface area contributed by atoms with Crippen molar-refractivity contribution < 1.29 is 27.2 Å². The van der Waals surface area contributed by atoms with Crippen LogP contribution in [0.3, 0.4) is 0 Å². The SMILES string of the molecule is CC.O=C1NC(=O)C(c2ccc(F)cc2F)=C1c1ccc(F)cc1F. The molecule has 3 nitrogen and oxygen atoms in total. The molecule has 1 aliphatic rings. The average Bonchev–Trinajstić information content (AvgIpc) is 2.84. The molecule has 2 aromatic carbocycles. The van der Waals surface area contributed by atoms with Crippen LogP contribution in [0.4, 0.5) is 17.6 Å². The number of nitrogens with one attached hydrogen (secondary N) is 1. The summed E-state index contributed by atoms with van der Waals surface area (Å²) in [5.74, 6) is -5.79. The smallest absolute Gasteiger partial charge is 0.259 e. The Labute approximate surface area is 141 Å². The van der Waals surface area contributed by atoms with Gasteiger partial charge in [-0.05, 0) is 24.3 Å². The summed E-state index contributed by atoms with van der Waals surface area (Å²) in [5, 5.41) is 1.92. The number of carbonyl (C=O) groups is 2. The summed E-state index contributed by atoms with van der Waals surface area (Å²) >= 11 is 0. The fourth-order valence-electron chi connectivity index (χ4n) is 2.35. The van der Waals surface area contributed by atoms with Crippen molar-refractivity contribution in [2.75, 3.05) is 0 Å². The molecule has 7 heteroatoms. The van der Waals surface area contributed by atoms with Crippen LogP contribution in [0.2, 0.25) is 0 Å². The number of carbonyl (C=O) groups excluding carboxylic acids is 2. The predicted molar refractivity (Wildman–Crippen MR) is 84.0 cm³/mol. The van der Waals surface area contributed by atoms with Gasteiger partial charge in [0, 0.05) is 23.3 Å². The van der Waals surface area contributed by atoms with Gasteiger partial charge in [-0.3, -0.25) is 14.9 Å². The fraction of sp³-hybridized carbons (Fsp3) is 0.111. The van der Waals surface area contributed by atoms with Crippen LogP contribution in [0, 0.1) is 23.3 Å². The van der Waals surface area contributed by atoms with E-state index < -0.39 is 46.2 Å². The molecule has 0 bridgehead atoms. The van der Waals surface area contributed by atoms with Gasteiger partial charge in [-0.2, -0.15) is 0 Å². The fourth-order valence-corrected chi connectivity index (χ4v) is 2.35. The second-order valence-electron chi connectivity index (χ2n) is 4.78. The van der Waals surface area contributed by atoms with E-state index in [-0.39, 0.29) is 11.1 Å². The Morgan fingerprint density at radius 3 is 1.36 bits per heavy atom. The van der Waals surface area contributed by atoms with Crippen molar-refractivity contribution in [2.24, 2.45) is 0 Å². The third-order valence-electron chi connectivity index (χ3n) is 3.33. The average molecular weight is 351 g/mol. The van der Waals surface area contributed by atoms with Crippen molar-refractivity contribution in [1.82, 2.24) is 5.32 Å². The zero-order chi connectivity index (χ0) is 18.7. The first-order valence-corrected chi connectivity index (χ1v) is 7.39. The Kier molecular flexibility index (Phi) is 5.36. The summed E-state index contributed by atoms with van der Waals surface area (Å²) in [6.07, 6.45) is 0. The Hall–Kier alpha value is -2.96. The quantitative estimate of drug-likeness (QED) is 0.660. The van der Waals surface area contributed by atoms with E-state index in [0.717, 1.165) is 24.3 Å². The minimum Gasteiger partial charge on any atom is -0.288 e. The third-order valence-corrected chi connectivity index (χ3v) is 3.33. The van der Waals surface area contributed by atoms with Gasteiger partial charge in [0.05, 0.1) is 11.1 Å². The molecule has 0 saturated carbocycles. The van der Waals surface area contributed by atoms with Gasteiger partial charge < -0.3 is 0 Å². The van der Waals surface area contributed by atoms with Crippen molar-refractivity contribution in [3.8, 4) is 0 Å². The third kappa shape index (κ3) is 3.45. The van der Waals surface area contributed by atoms with Crippen LogP contribution in [0.5, 0.6) is 0 Å². The number of hydrogen-bond donors (Lipinski definition) is 1. The number of halogens is 4. The molecule has 0 unspecified atom stereocenters. The predicted octanol–water partition coefficient (Wildman–Crippen LogP) is 3.84. The lowest BCUT2D eigenvalue weighted by Crippen LogP contribution is -2.23. The molecule has 3 rings (SSSR count). The molecule has 130 valence electrons. The molecule has 1 aliphatic heterocycles. The van der Waals surface area contributed by atoms with Crippen molar-refractivity contribution in [3.05, 3.63) is 70.8 Å². The van der Waals surface area contributed by atoms with Gasteiger partial charge in [0.25, 0.3) is 11.8 Å². The molecule has 2 amide bonds. The second-order valence-corrected chi connectivity index (χ2v) is 4.78.